The third kappa shape index (κ3) is 4.79. The number of hydrogen-bond acceptors (Lipinski definition) is 6. The van der Waals surface area contributed by atoms with Crippen molar-refractivity contribution in [2.24, 2.45) is 5.73 Å². The standard InChI is InChI=1S/C11H15N3O4/c1-17-10(15)8-2-3-9(14-6-8)7-13-4-5-18-11(12)16/h2-3,6,13H,4-5,7H2,1H3,(H2,12,16). The van der Waals surface area contributed by atoms with Gasteiger partial charge in [0, 0.05) is 19.3 Å². The molecule has 0 aliphatic carbocycles. The number of nitrogens with zero attached hydrogens (tertiary/aromatic N) is 1. The molecule has 0 unspecified atom stereocenters. The van der Waals surface area contributed by atoms with Crippen LogP contribution in [0.25, 0.3) is 0 Å². The van der Waals surface area contributed by atoms with Crippen LogP contribution in [0, 0.1) is 0 Å². The Hall–Kier alpha value is -2.15. The monoisotopic (exact) mass is 253 g/mol. The fourth-order valence-corrected chi connectivity index (χ4v) is 1.21. The SMILES string of the molecule is COC(=O)c1ccc(CNCCOC(N)=O)nc1. The average molecular weight is 253 g/mol. The molecule has 3 N–H and O–H groups in total. The van der Waals surface area contributed by atoms with Crippen LogP contribution in [0.2, 0.25) is 0 Å². The molecule has 98 valence electrons. The molecule has 7 heteroatoms. The number of pyridine rings is 1. The first kappa shape index (κ1) is 13.9. The number of ether oxygens (including phenoxy) is 2. The van der Waals surface area contributed by atoms with Crippen LogP contribution in [0.3, 0.4) is 0 Å². The summed E-state index contributed by atoms with van der Waals surface area (Å²) < 4.78 is 9.10. The number of amides is 1. The number of carbonyl (C=O) groups is 2. The minimum Gasteiger partial charge on any atom is -0.465 e. The number of hydrogen-bond donors (Lipinski definition) is 2. The second-order valence-corrected chi connectivity index (χ2v) is 3.37. The molecule has 0 spiro atoms. The van der Waals surface area contributed by atoms with E-state index >= 15 is 0 Å². The van der Waals surface area contributed by atoms with Gasteiger partial charge in [-0.25, -0.2) is 9.59 Å². The highest BCUT2D eigenvalue weighted by Gasteiger charge is 2.05. The highest BCUT2D eigenvalue weighted by molar-refractivity contribution is 5.88. The van der Waals surface area contributed by atoms with Crippen LogP contribution in [-0.2, 0) is 16.0 Å². The topological polar surface area (TPSA) is 104 Å². The van der Waals surface area contributed by atoms with Gasteiger partial charge < -0.3 is 20.5 Å². The van der Waals surface area contributed by atoms with Gasteiger partial charge in [-0.2, -0.15) is 0 Å². The summed E-state index contributed by atoms with van der Waals surface area (Å²) in [7, 11) is 1.32. The summed E-state index contributed by atoms with van der Waals surface area (Å²) >= 11 is 0. The van der Waals surface area contributed by atoms with Gasteiger partial charge in [0.15, 0.2) is 0 Å². The molecule has 0 radical (unpaired) electrons. The van der Waals surface area contributed by atoms with E-state index in [-0.39, 0.29) is 6.61 Å². The molecule has 0 fully saturated rings. The van der Waals surface area contributed by atoms with E-state index in [0.717, 1.165) is 5.69 Å². The van der Waals surface area contributed by atoms with Gasteiger partial charge in [0.05, 0.1) is 18.4 Å². The molecular weight excluding hydrogens is 238 g/mol. The molecule has 0 bridgehead atoms. The quantitative estimate of drug-likeness (QED) is 0.548. The van der Waals surface area contributed by atoms with Gasteiger partial charge in [0.2, 0.25) is 0 Å². The summed E-state index contributed by atoms with van der Waals surface area (Å²) in [4.78, 5) is 25.5. The molecule has 0 saturated carbocycles. The zero-order valence-corrected chi connectivity index (χ0v) is 10.0. The zero-order chi connectivity index (χ0) is 13.4. The largest absolute Gasteiger partial charge is 0.465 e. The number of esters is 1. The van der Waals surface area contributed by atoms with Gasteiger partial charge >= 0.3 is 12.1 Å². The van der Waals surface area contributed by atoms with E-state index < -0.39 is 12.1 Å². The van der Waals surface area contributed by atoms with E-state index in [0.29, 0.717) is 18.7 Å². The van der Waals surface area contributed by atoms with Crippen molar-refractivity contribution in [3.63, 3.8) is 0 Å². The zero-order valence-electron chi connectivity index (χ0n) is 10.0. The predicted molar refractivity (Wildman–Crippen MR) is 62.8 cm³/mol. The molecule has 1 aromatic rings. The van der Waals surface area contributed by atoms with Gasteiger partial charge in [-0.15, -0.1) is 0 Å². The van der Waals surface area contributed by atoms with Gasteiger partial charge in [-0.05, 0) is 12.1 Å². The Bertz CT molecular complexity index is 405. The highest BCUT2D eigenvalue weighted by Crippen LogP contribution is 2.01. The van der Waals surface area contributed by atoms with Crippen molar-refractivity contribution in [2.75, 3.05) is 20.3 Å². The summed E-state index contributed by atoms with van der Waals surface area (Å²) in [5, 5.41) is 3.01. The van der Waals surface area contributed by atoms with E-state index in [1.165, 1.54) is 13.3 Å². The van der Waals surface area contributed by atoms with Crippen LogP contribution in [-0.4, -0.2) is 37.3 Å². The first-order chi connectivity index (χ1) is 8.63. The number of nitrogens with one attached hydrogen (secondary N) is 1. The summed E-state index contributed by atoms with van der Waals surface area (Å²) in [5.41, 5.74) is 5.97. The summed E-state index contributed by atoms with van der Waals surface area (Å²) in [6.07, 6.45) is 0.653. The number of aromatic nitrogens is 1. The second-order valence-electron chi connectivity index (χ2n) is 3.37. The van der Waals surface area contributed by atoms with Crippen LogP contribution in [0.4, 0.5) is 4.79 Å². The van der Waals surface area contributed by atoms with Crippen molar-refractivity contribution in [1.82, 2.24) is 10.3 Å². The maximum Gasteiger partial charge on any atom is 0.404 e. The molecule has 1 rings (SSSR count). The number of carbonyl (C=O) groups excluding carboxylic acids is 2. The fraction of sp³-hybridized carbons (Fsp3) is 0.364. The lowest BCUT2D eigenvalue weighted by Crippen LogP contribution is -2.23. The van der Waals surface area contributed by atoms with Crippen molar-refractivity contribution >= 4 is 12.1 Å². The molecule has 1 heterocycles. The normalized spacial score (nSPS) is 9.83. The maximum absolute atomic E-state index is 11.1. The van der Waals surface area contributed by atoms with Crippen molar-refractivity contribution in [2.45, 2.75) is 6.54 Å². The molecule has 18 heavy (non-hydrogen) atoms. The van der Waals surface area contributed by atoms with E-state index in [9.17, 15) is 9.59 Å². The van der Waals surface area contributed by atoms with E-state index in [4.69, 9.17) is 5.73 Å². The summed E-state index contributed by atoms with van der Waals surface area (Å²) in [6.45, 7) is 1.18. The first-order valence-electron chi connectivity index (χ1n) is 5.29. The third-order valence-corrected chi connectivity index (χ3v) is 2.08. The van der Waals surface area contributed by atoms with Crippen LogP contribution in [0.5, 0.6) is 0 Å². The Balaban J connectivity index is 2.31. The number of methoxy groups -OCH3 is 1. The lowest BCUT2D eigenvalue weighted by Gasteiger charge is -2.05. The number of nitrogens with two attached hydrogens (primary N) is 1. The Morgan fingerprint density at radius 2 is 2.22 bits per heavy atom. The smallest absolute Gasteiger partial charge is 0.404 e. The van der Waals surface area contributed by atoms with Crippen molar-refractivity contribution in [3.05, 3.63) is 29.6 Å². The Labute approximate surface area is 104 Å². The molecule has 1 amide bonds. The second kappa shape index (κ2) is 7.23. The van der Waals surface area contributed by atoms with Gasteiger partial charge in [-0.3, -0.25) is 4.98 Å². The average Bonchev–Trinajstić information content (AvgIpc) is 2.38. The molecule has 0 atom stereocenters. The molecular formula is C11H15N3O4. The van der Waals surface area contributed by atoms with E-state index in [1.807, 2.05) is 0 Å². The lowest BCUT2D eigenvalue weighted by atomic mass is 10.2. The van der Waals surface area contributed by atoms with Crippen molar-refractivity contribution < 1.29 is 19.1 Å². The predicted octanol–water partition coefficient (Wildman–Crippen LogP) is 0.0531. The van der Waals surface area contributed by atoms with Gasteiger partial charge in [-0.1, -0.05) is 0 Å². The highest BCUT2D eigenvalue weighted by atomic mass is 16.5. The third-order valence-electron chi connectivity index (χ3n) is 2.08. The Morgan fingerprint density at radius 3 is 2.78 bits per heavy atom. The van der Waals surface area contributed by atoms with E-state index in [1.54, 1.807) is 12.1 Å². The molecule has 7 nitrogen and oxygen atoms in total. The minimum atomic E-state index is -0.794. The lowest BCUT2D eigenvalue weighted by molar-refractivity contribution is 0.0600. The van der Waals surface area contributed by atoms with Crippen LogP contribution < -0.4 is 11.1 Å². The summed E-state index contributed by atoms with van der Waals surface area (Å²) in [6, 6.07) is 3.35. The van der Waals surface area contributed by atoms with Gasteiger partial charge in [0.1, 0.15) is 6.61 Å². The molecule has 0 saturated heterocycles. The molecule has 1 aromatic heterocycles. The molecule has 0 aliphatic rings. The van der Waals surface area contributed by atoms with Crippen LogP contribution in [0.15, 0.2) is 18.3 Å². The Morgan fingerprint density at radius 1 is 1.44 bits per heavy atom. The summed E-state index contributed by atoms with van der Waals surface area (Å²) in [5.74, 6) is -0.420. The minimum absolute atomic E-state index is 0.204. The molecule has 0 aliphatic heterocycles. The van der Waals surface area contributed by atoms with Crippen LogP contribution >= 0.6 is 0 Å². The van der Waals surface area contributed by atoms with Crippen molar-refractivity contribution in [1.29, 1.82) is 0 Å². The molecule has 0 aromatic carbocycles. The fourth-order valence-electron chi connectivity index (χ4n) is 1.21. The van der Waals surface area contributed by atoms with E-state index in [2.05, 4.69) is 19.8 Å². The maximum atomic E-state index is 11.1. The first-order valence-corrected chi connectivity index (χ1v) is 5.29. The van der Waals surface area contributed by atoms with Crippen LogP contribution in [0.1, 0.15) is 16.1 Å². The van der Waals surface area contributed by atoms with Gasteiger partial charge in [0.25, 0.3) is 0 Å². The Kier molecular flexibility index (Phi) is 5.59. The van der Waals surface area contributed by atoms with Crippen molar-refractivity contribution in [3.8, 4) is 0 Å². The number of primary amides is 1. The number of rotatable bonds is 6.